The van der Waals surface area contributed by atoms with Gasteiger partial charge in [0, 0.05) is 18.5 Å². The molecule has 7 heteroatoms. The lowest BCUT2D eigenvalue weighted by Gasteiger charge is -2.25. The van der Waals surface area contributed by atoms with E-state index in [1.807, 2.05) is 6.92 Å². The van der Waals surface area contributed by atoms with Gasteiger partial charge in [0.15, 0.2) is 0 Å². The van der Waals surface area contributed by atoms with Gasteiger partial charge < -0.3 is 16.4 Å². The molecule has 1 heterocycles. The molecule has 2 amide bonds. The normalized spacial score (nSPS) is 11.0. The SMILES string of the molecule is CCCNc1ncc(F)cc1C(=O)NC(C)(C)CC(N)=O. The minimum absolute atomic E-state index is 0.0147. The molecule has 0 atom stereocenters. The number of aromatic nitrogens is 1. The highest BCUT2D eigenvalue weighted by molar-refractivity contribution is 5.99. The number of nitrogens with one attached hydrogen (secondary N) is 2. The van der Waals surface area contributed by atoms with E-state index in [0.29, 0.717) is 12.4 Å². The van der Waals surface area contributed by atoms with Crippen molar-refractivity contribution in [3.8, 4) is 0 Å². The van der Waals surface area contributed by atoms with Crippen LogP contribution in [0.1, 0.15) is 44.0 Å². The van der Waals surface area contributed by atoms with Crippen LogP contribution in [0.2, 0.25) is 0 Å². The summed E-state index contributed by atoms with van der Waals surface area (Å²) in [7, 11) is 0. The Morgan fingerprint density at radius 2 is 2.10 bits per heavy atom. The largest absolute Gasteiger partial charge is 0.370 e. The zero-order valence-electron chi connectivity index (χ0n) is 12.5. The highest BCUT2D eigenvalue weighted by atomic mass is 19.1. The fraction of sp³-hybridized carbons (Fsp3) is 0.500. The lowest BCUT2D eigenvalue weighted by molar-refractivity contribution is -0.119. The third kappa shape index (κ3) is 5.37. The Balaban J connectivity index is 2.95. The molecule has 0 fully saturated rings. The number of hydrogen-bond donors (Lipinski definition) is 3. The van der Waals surface area contributed by atoms with E-state index in [9.17, 15) is 14.0 Å². The molecule has 0 spiro atoms. The number of halogens is 1. The number of amides is 2. The molecule has 0 aliphatic rings. The van der Waals surface area contributed by atoms with Crippen molar-refractivity contribution in [1.82, 2.24) is 10.3 Å². The smallest absolute Gasteiger partial charge is 0.255 e. The third-order valence-corrected chi connectivity index (χ3v) is 2.71. The van der Waals surface area contributed by atoms with Gasteiger partial charge in [0.05, 0.1) is 11.8 Å². The molecule has 0 radical (unpaired) electrons. The number of pyridine rings is 1. The minimum Gasteiger partial charge on any atom is -0.370 e. The van der Waals surface area contributed by atoms with Gasteiger partial charge in [-0.05, 0) is 26.3 Å². The second-order valence-corrected chi connectivity index (χ2v) is 5.46. The Morgan fingerprint density at radius 3 is 2.67 bits per heavy atom. The van der Waals surface area contributed by atoms with E-state index in [2.05, 4.69) is 15.6 Å². The molecular weight excluding hydrogens is 275 g/mol. The van der Waals surface area contributed by atoms with Crippen molar-refractivity contribution in [3.05, 3.63) is 23.6 Å². The first-order valence-electron chi connectivity index (χ1n) is 6.75. The predicted molar refractivity (Wildman–Crippen MR) is 78.3 cm³/mol. The van der Waals surface area contributed by atoms with E-state index in [4.69, 9.17) is 5.73 Å². The van der Waals surface area contributed by atoms with Crippen LogP contribution in [0.15, 0.2) is 12.3 Å². The molecule has 0 bridgehead atoms. The Labute approximate surface area is 123 Å². The molecule has 21 heavy (non-hydrogen) atoms. The number of hydrogen-bond acceptors (Lipinski definition) is 4. The minimum atomic E-state index is -0.822. The molecule has 0 unspecified atom stereocenters. The summed E-state index contributed by atoms with van der Waals surface area (Å²) in [4.78, 5) is 27.1. The molecule has 1 aromatic heterocycles. The zero-order valence-corrected chi connectivity index (χ0v) is 12.5. The van der Waals surface area contributed by atoms with Crippen molar-refractivity contribution in [2.24, 2.45) is 5.73 Å². The summed E-state index contributed by atoms with van der Waals surface area (Å²) >= 11 is 0. The Bertz CT molecular complexity index is 532. The van der Waals surface area contributed by atoms with Crippen molar-refractivity contribution in [1.29, 1.82) is 0 Å². The van der Waals surface area contributed by atoms with Crippen LogP contribution in [0.3, 0.4) is 0 Å². The molecular formula is C14H21FN4O2. The summed E-state index contributed by atoms with van der Waals surface area (Å²) < 4.78 is 13.3. The molecule has 0 saturated heterocycles. The van der Waals surface area contributed by atoms with Crippen LogP contribution in [-0.2, 0) is 4.79 Å². The lowest BCUT2D eigenvalue weighted by Crippen LogP contribution is -2.46. The standard InChI is InChI=1S/C14H21FN4O2/c1-4-5-17-12-10(6-9(15)8-18-12)13(21)19-14(2,3)7-11(16)20/h6,8H,4-5,7H2,1-3H3,(H2,16,20)(H,17,18)(H,19,21). The Morgan fingerprint density at radius 1 is 1.43 bits per heavy atom. The summed E-state index contributed by atoms with van der Waals surface area (Å²) in [6.07, 6.45) is 1.87. The van der Waals surface area contributed by atoms with Gasteiger partial charge in [0.25, 0.3) is 5.91 Å². The van der Waals surface area contributed by atoms with Crippen LogP contribution in [0.25, 0.3) is 0 Å². The van der Waals surface area contributed by atoms with Crippen molar-refractivity contribution in [2.75, 3.05) is 11.9 Å². The molecule has 0 aromatic carbocycles. The van der Waals surface area contributed by atoms with E-state index in [1.165, 1.54) is 0 Å². The van der Waals surface area contributed by atoms with Gasteiger partial charge >= 0.3 is 0 Å². The van der Waals surface area contributed by atoms with Crippen molar-refractivity contribution in [3.63, 3.8) is 0 Å². The van der Waals surface area contributed by atoms with Gasteiger partial charge in [-0.3, -0.25) is 9.59 Å². The molecule has 116 valence electrons. The van der Waals surface area contributed by atoms with Gasteiger partial charge in [-0.15, -0.1) is 0 Å². The van der Waals surface area contributed by atoms with E-state index < -0.39 is 23.2 Å². The van der Waals surface area contributed by atoms with Gasteiger partial charge in [-0.1, -0.05) is 6.92 Å². The number of nitrogens with zero attached hydrogens (tertiary/aromatic N) is 1. The molecule has 4 N–H and O–H groups in total. The van der Waals surface area contributed by atoms with Gasteiger partial charge in [0.1, 0.15) is 11.6 Å². The third-order valence-electron chi connectivity index (χ3n) is 2.71. The van der Waals surface area contributed by atoms with Crippen LogP contribution < -0.4 is 16.4 Å². The van der Waals surface area contributed by atoms with Crippen molar-refractivity contribution in [2.45, 2.75) is 39.2 Å². The Kier molecular flexibility index (Phi) is 5.63. The monoisotopic (exact) mass is 296 g/mol. The van der Waals surface area contributed by atoms with E-state index >= 15 is 0 Å². The summed E-state index contributed by atoms with van der Waals surface area (Å²) in [6, 6.07) is 1.11. The molecule has 1 rings (SSSR count). The molecule has 0 saturated carbocycles. The zero-order chi connectivity index (χ0) is 16.0. The summed E-state index contributed by atoms with van der Waals surface area (Å²) in [5.41, 5.74) is 4.41. The number of anilines is 1. The first kappa shape index (κ1) is 16.9. The maximum atomic E-state index is 13.3. The van der Waals surface area contributed by atoms with Gasteiger partial charge in [-0.25, -0.2) is 9.37 Å². The van der Waals surface area contributed by atoms with Crippen molar-refractivity contribution >= 4 is 17.6 Å². The molecule has 1 aromatic rings. The number of primary amides is 1. The molecule has 0 aliphatic heterocycles. The van der Waals surface area contributed by atoms with Crippen molar-refractivity contribution < 1.29 is 14.0 Å². The van der Waals surface area contributed by atoms with Gasteiger partial charge in [-0.2, -0.15) is 0 Å². The predicted octanol–water partition coefficient (Wildman–Crippen LogP) is 1.43. The number of rotatable bonds is 7. The molecule has 0 aliphatic carbocycles. The van der Waals surface area contributed by atoms with Crippen LogP contribution in [-0.4, -0.2) is 28.9 Å². The maximum Gasteiger partial charge on any atom is 0.255 e. The van der Waals surface area contributed by atoms with E-state index in [0.717, 1.165) is 18.7 Å². The summed E-state index contributed by atoms with van der Waals surface area (Å²) in [5.74, 6) is -1.32. The van der Waals surface area contributed by atoms with Crippen LogP contribution >= 0.6 is 0 Å². The summed E-state index contributed by atoms with van der Waals surface area (Å²) in [5, 5.41) is 5.63. The lowest BCUT2D eigenvalue weighted by atomic mass is 9.99. The van der Waals surface area contributed by atoms with E-state index in [-0.39, 0.29) is 12.0 Å². The number of carbonyl (C=O) groups excluding carboxylic acids is 2. The fourth-order valence-corrected chi connectivity index (χ4v) is 1.85. The van der Waals surface area contributed by atoms with Crippen LogP contribution in [0.5, 0.6) is 0 Å². The second kappa shape index (κ2) is 7.01. The first-order valence-corrected chi connectivity index (χ1v) is 6.75. The second-order valence-electron chi connectivity index (χ2n) is 5.46. The van der Waals surface area contributed by atoms with Gasteiger partial charge in [0.2, 0.25) is 5.91 Å². The number of carbonyl (C=O) groups is 2. The van der Waals surface area contributed by atoms with E-state index in [1.54, 1.807) is 13.8 Å². The first-order chi connectivity index (χ1) is 9.75. The maximum absolute atomic E-state index is 13.3. The van der Waals surface area contributed by atoms with Crippen LogP contribution in [0.4, 0.5) is 10.2 Å². The fourth-order valence-electron chi connectivity index (χ4n) is 1.85. The topological polar surface area (TPSA) is 97.1 Å². The summed E-state index contributed by atoms with van der Waals surface area (Å²) in [6.45, 7) is 5.92. The Hall–Kier alpha value is -2.18. The quantitative estimate of drug-likeness (QED) is 0.709. The highest BCUT2D eigenvalue weighted by Gasteiger charge is 2.25. The molecule has 6 nitrogen and oxygen atoms in total. The highest BCUT2D eigenvalue weighted by Crippen LogP contribution is 2.16. The average molecular weight is 296 g/mol. The average Bonchev–Trinajstić information content (AvgIpc) is 2.34. The van der Waals surface area contributed by atoms with Crippen LogP contribution in [0, 0.1) is 5.82 Å². The number of nitrogens with two attached hydrogens (primary N) is 1.